The summed E-state index contributed by atoms with van der Waals surface area (Å²) >= 11 is 9.02. The smallest absolute Gasteiger partial charge is 0.288 e. The third-order valence-electron chi connectivity index (χ3n) is 2.04. The van der Waals surface area contributed by atoms with Gasteiger partial charge < -0.3 is 4.74 Å². The van der Waals surface area contributed by atoms with Crippen LogP contribution in [0.25, 0.3) is 0 Å². The highest BCUT2D eigenvalue weighted by molar-refractivity contribution is 9.10. The monoisotopic (exact) mass is 328 g/mol. The minimum absolute atomic E-state index is 0.0228. The molecule has 0 aliphatic rings. The summed E-state index contributed by atoms with van der Waals surface area (Å²) in [5.74, 6) is 0.767. The number of nitrogens with zero attached hydrogens (tertiary/aromatic N) is 2. The molecule has 0 fully saturated rings. The van der Waals surface area contributed by atoms with Gasteiger partial charge in [0, 0.05) is 28.9 Å². The molecule has 1 aromatic heterocycles. The maximum absolute atomic E-state index is 10.6. The predicted molar refractivity (Wildman–Crippen MR) is 70.1 cm³/mol. The van der Waals surface area contributed by atoms with Crippen molar-refractivity contribution < 1.29 is 9.66 Å². The fourth-order valence-electron chi connectivity index (χ4n) is 1.24. The van der Waals surface area contributed by atoms with Gasteiger partial charge in [-0.25, -0.2) is 4.98 Å². The second kappa shape index (κ2) is 5.32. The highest BCUT2D eigenvalue weighted by Crippen LogP contribution is 2.30. The summed E-state index contributed by atoms with van der Waals surface area (Å²) in [7, 11) is 0. The molecule has 0 amide bonds. The fourth-order valence-corrected chi connectivity index (χ4v) is 1.72. The number of halogens is 2. The lowest BCUT2D eigenvalue weighted by molar-refractivity contribution is -0.384. The number of ether oxygens (including phenoxy) is 1. The number of nitro groups is 1. The van der Waals surface area contributed by atoms with Gasteiger partial charge in [0.15, 0.2) is 0 Å². The molecule has 0 saturated heterocycles. The van der Waals surface area contributed by atoms with Gasteiger partial charge >= 0.3 is 0 Å². The largest absolute Gasteiger partial charge is 0.439 e. The van der Waals surface area contributed by atoms with Crippen molar-refractivity contribution >= 4 is 33.2 Å². The van der Waals surface area contributed by atoms with Crippen molar-refractivity contribution in [2.24, 2.45) is 0 Å². The Labute approximate surface area is 116 Å². The molecular weight excluding hydrogens is 323 g/mol. The molecule has 0 spiro atoms. The molecule has 1 heterocycles. The molecule has 0 unspecified atom stereocenters. The van der Waals surface area contributed by atoms with Crippen LogP contribution in [-0.4, -0.2) is 9.91 Å². The molecule has 1 aromatic carbocycles. The van der Waals surface area contributed by atoms with E-state index in [1.54, 1.807) is 18.3 Å². The first-order valence-electron chi connectivity index (χ1n) is 4.79. The Morgan fingerprint density at radius 1 is 1.33 bits per heavy atom. The van der Waals surface area contributed by atoms with Crippen molar-refractivity contribution in [2.75, 3.05) is 0 Å². The molecule has 18 heavy (non-hydrogen) atoms. The molecule has 2 rings (SSSR count). The van der Waals surface area contributed by atoms with Crippen LogP contribution in [0.2, 0.25) is 5.02 Å². The van der Waals surface area contributed by atoms with Crippen molar-refractivity contribution in [3.8, 4) is 11.6 Å². The Morgan fingerprint density at radius 2 is 2.11 bits per heavy atom. The van der Waals surface area contributed by atoms with Crippen molar-refractivity contribution in [3.05, 3.63) is 56.1 Å². The highest BCUT2D eigenvalue weighted by Gasteiger charge is 2.12. The number of hydrogen-bond acceptors (Lipinski definition) is 4. The predicted octanol–water partition coefficient (Wildman–Crippen LogP) is 4.20. The molecule has 2 aromatic rings. The summed E-state index contributed by atoms with van der Waals surface area (Å²) in [5, 5.41) is 10.6. The van der Waals surface area contributed by atoms with E-state index in [9.17, 15) is 10.1 Å². The molecule has 7 heteroatoms. The van der Waals surface area contributed by atoms with Crippen LogP contribution in [0, 0.1) is 10.1 Å². The van der Waals surface area contributed by atoms with Crippen LogP contribution in [-0.2, 0) is 0 Å². The molecule has 0 radical (unpaired) electrons. The molecular formula is C11H6BrClN2O3. The van der Waals surface area contributed by atoms with E-state index in [1.807, 2.05) is 0 Å². The third-order valence-corrected chi connectivity index (χ3v) is 2.81. The van der Waals surface area contributed by atoms with Crippen LogP contribution in [0.4, 0.5) is 5.69 Å². The number of hydrogen-bond donors (Lipinski definition) is 0. The van der Waals surface area contributed by atoms with Gasteiger partial charge in [0.1, 0.15) is 10.8 Å². The lowest BCUT2D eigenvalue weighted by Crippen LogP contribution is -1.91. The Morgan fingerprint density at radius 3 is 2.67 bits per heavy atom. The minimum Gasteiger partial charge on any atom is -0.439 e. The molecule has 92 valence electrons. The van der Waals surface area contributed by atoms with Crippen LogP contribution < -0.4 is 4.74 Å². The van der Waals surface area contributed by atoms with E-state index < -0.39 is 4.92 Å². The summed E-state index contributed by atoms with van der Waals surface area (Å²) in [6.45, 7) is 0. The Bertz CT molecular complexity index is 589. The summed E-state index contributed by atoms with van der Waals surface area (Å²) < 4.78 is 6.24. The van der Waals surface area contributed by atoms with E-state index in [0.29, 0.717) is 11.6 Å². The van der Waals surface area contributed by atoms with Crippen LogP contribution in [0.5, 0.6) is 11.6 Å². The Kier molecular flexibility index (Phi) is 3.78. The lowest BCUT2D eigenvalue weighted by Gasteiger charge is -2.04. The Hall–Kier alpha value is -1.66. The van der Waals surface area contributed by atoms with E-state index >= 15 is 0 Å². The molecule has 0 aliphatic heterocycles. The van der Waals surface area contributed by atoms with Gasteiger partial charge in [0.05, 0.1) is 4.92 Å². The second-order valence-corrected chi connectivity index (χ2v) is 4.61. The number of rotatable bonds is 3. The quantitative estimate of drug-likeness (QED) is 0.625. The molecule has 0 N–H and O–H groups in total. The fraction of sp³-hybridized carbons (Fsp3) is 0. The second-order valence-electron chi connectivity index (χ2n) is 3.29. The van der Waals surface area contributed by atoms with E-state index in [1.165, 1.54) is 18.2 Å². The summed E-state index contributed by atoms with van der Waals surface area (Å²) in [6.07, 6.45) is 1.59. The maximum Gasteiger partial charge on any atom is 0.288 e. The zero-order chi connectivity index (χ0) is 13.1. The molecule has 0 saturated carbocycles. The van der Waals surface area contributed by atoms with Gasteiger partial charge in [0.2, 0.25) is 5.88 Å². The van der Waals surface area contributed by atoms with Crippen LogP contribution >= 0.6 is 27.5 Å². The molecule has 0 bridgehead atoms. The van der Waals surface area contributed by atoms with Crippen molar-refractivity contribution in [1.82, 2.24) is 4.98 Å². The van der Waals surface area contributed by atoms with Gasteiger partial charge in [-0.2, -0.15) is 0 Å². The van der Waals surface area contributed by atoms with E-state index in [-0.39, 0.29) is 10.7 Å². The number of pyridine rings is 1. The first kappa shape index (κ1) is 12.8. The standard InChI is InChI=1S/C11H6BrClN2O3/c12-7-1-4-11(14-6-7)18-8-2-3-10(15(16)17)9(13)5-8/h1-6H. The van der Waals surface area contributed by atoms with E-state index in [0.717, 1.165) is 4.47 Å². The summed E-state index contributed by atoms with van der Waals surface area (Å²) in [6, 6.07) is 7.57. The topological polar surface area (TPSA) is 65.3 Å². The summed E-state index contributed by atoms with van der Waals surface area (Å²) in [5.41, 5.74) is -0.159. The number of benzene rings is 1. The summed E-state index contributed by atoms with van der Waals surface area (Å²) in [4.78, 5) is 14.1. The van der Waals surface area contributed by atoms with Crippen molar-refractivity contribution in [3.63, 3.8) is 0 Å². The number of aromatic nitrogens is 1. The van der Waals surface area contributed by atoms with Crippen LogP contribution in [0.1, 0.15) is 0 Å². The van der Waals surface area contributed by atoms with Gasteiger partial charge in [0.25, 0.3) is 5.69 Å². The van der Waals surface area contributed by atoms with Crippen LogP contribution in [0.3, 0.4) is 0 Å². The SMILES string of the molecule is O=[N+]([O-])c1ccc(Oc2ccc(Br)cn2)cc1Cl. The lowest BCUT2D eigenvalue weighted by atomic mass is 10.3. The van der Waals surface area contributed by atoms with Gasteiger partial charge in [-0.3, -0.25) is 10.1 Å². The molecule has 5 nitrogen and oxygen atoms in total. The molecule has 0 aliphatic carbocycles. The zero-order valence-corrected chi connectivity index (χ0v) is 11.2. The zero-order valence-electron chi connectivity index (χ0n) is 8.84. The maximum atomic E-state index is 10.6. The minimum atomic E-state index is -0.552. The van der Waals surface area contributed by atoms with E-state index in [4.69, 9.17) is 16.3 Å². The highest BCUT2D eigenvalue weighted by atomic mass is 79.9. The average Bonchev–Trinajstić information content (AvgIpc) is 2.32. The average molecular weight is 330 g/mol. The van der Waals surface area contributed by atoms with E-state index in [2.05, 4.69) is 20.9 Å². The van der Waals surface area contributed by atoms with Crippen molar-refractivity contribution in [2.45, 2.75) is 0 Å². The number of nitro benzene ring substituents is 1. The third kappa shape index (κ3) is 2.96. The van der Waals surface area contributed by atoms with Crippen molar-refractivity contribution in [1.29, 1.82) is 0 Å². The van der Waals surface area contributed by atoms with Gasteiger partial charge in [-0.05, 0) is 28.1 Å². The first-order chi connectivity index (χ1) is 8.56. The van der Waals surface area contributed by atoms with Gasteiger partial charge in [-0.15, -0.1) is 0 Å². The first-order valence-corrected chi connectivity index (χ1v) is 5.97. The van der Waals surface area contributed by atoms with Crippen LogP contribution in [0.15, 0.2) is 41.0 Å². The normalized spacial score (nSPS) is 10.1. The molecule has 0 atom stereocenters. The Balaban J connectivity index is 2.22. The van der Waals surface area contributed by atoms with Gasteiger partial charge in [-0.1, -0.05) is 11.6 Å².